The van der Waals surface area contributed by atoms with Gasteiger partial charge in [-0.3, -0.25) is 0 Å². The number of hydrogen-bond acceptors (Lipinski definition) is 3. The molecular formula is C15H22BrClN2O. The summed E-state index contributed by atoms with van der Waals surface area (Å²) in [6.07, 6.45) is 3.08. The highest BCUT2D eigenvalue weighted by molar-refractivity contribution is 9.10. The molecule has 1 aliphatic rings. The molecule has 0 bridgehead atoms. The molecule has 5 heteroatoms. The predicted octanol–water partition coefficient (Wildman–Crippen LogP) is 3.20. The Kier molecular flexibility index (Phi) is 6.30. The van der Waals surface area contributed by atoms with Gasteiger partial charge in [0.2, 0.25) is 0 Å². The third-order valence-corrected chi connectivity index (χ3v) is 4.90. The van der Waals surface area contributed by atoms with E-state index in [0.29, 0.717) is 12.5 Å². The van der Waals surface area contributed by atoms with E-state index in [4.69, 9.17) is 22.4 Å². The van der Waals surface area contributed by atoms with Crippen LogP contribution in [0.1, 0.15) is 30.9 Å². The van der Waals surface area contributed by atoms with E-state index >= 15 is 0 Å². The van der Waals surface area contributed by atoms with Crippen molar-refractivity contribution in [2.75, 3.05) is 26.2 Å². The van der Waals surface area contributed by atoms with E-state index in [-0.39, 0.29) is 6.04 Å². The summed E-state index contributed by atoms with van der Waals surface area (Å²) in [7, 11) is 0. The topological polar surface area (TPSA) is 49.5 Å². The molecule has 20 heavy (non-hydrogen) atoms. The van der Waals surface area contributed by atoms with E-state index in [9.17, 15) is 0 Å². The van der Waals surface area contributed by atoms with Crippen LogP contribution in [0.2, 0.25) is 5.02 Å². The van der Waals surface area contributed by atoms with Gasteiger partial charge in [-0.05, 0) is 62.5 Å². The maximum atomic E-state index is 9.14. The van der Waals surface area contributed by atoms with Crippen LogP contribution in [0.25, 0.3) is 0 Å². The Balaban J connectivity index is 1.82. The molecule has 1 heterocycles. The van der Waals surface area contributed by atoms with Crippen molar-refractivity contribution in [3.8, 4) is 0 Å². The Morgan fingerprint density at radius 1 is 1.40 bits per heavy atom. The molecule has 0 saturated carbocycles. The van der Waals surface area contributed by atoms with Gasteiger partial charge in [0.25, 0.3) is 0 Å². The Bertz CT molecular complexity index is 436. The summed E-state index contributed by atoms with van der Waals surface area (Å²) >= 11 is 9.64. The lowest BCUT2D eigenvalue weighted by molar-refractivity contribution is 0.129. The molecule has 0 aromatic heterocycles. The van der Waals surface area contributed by atoms with Crippen LogP contribution in [0.15, 0.2) is 22.7 Å². The van der Waals surface area contributed by atoms with E-state index in [2.05, 4.69) is 20.8 Å². The standard InChI is InChI=1S/C15H22BrClN2O/c16-12-1-2-13(14(17)9-12)15(18)5-8-19-6-3-11(10-20)4-7-19/h1-2,9,11,15,20H,3-8,10,18H2. The molecule has 2 rings (SSSR count). The summed E-state index contributed by atoms with van der Waals surface area (Å²) in [4.78, 5) is 2.43. The SMILES string of the molecule is NC(CCN1CCC(CO)CC1)c1ccc(Br)cc1Cl. The maximum Gasteiger partial charge on any atom is 0.0464 e. The first-order valence-corrected chi connectivity index (χ1v) is 8.31. The average Bonchev–Trinajstić information content (AvgIpc) is 2.45. The zero-order chi connectivity index (χ0) is 14.5. The van der Waals surface area contributed by atoms with Crippen molar-refractivity contribution in [3.63, 3.8) is 0 Å². The van der Waals surface area contributed by atoms with Gasteiger partial charge in [-0.15, -0.1) is 0 Å². The molecule has 0 amide bonds. The van der Waals surface area contributed by atoms with Crippen LogP contribution in [0, 0.1) is 5.92 Å². The van der Waals surface area contributed by atoms with E-state index < -0.39 is 0 Å². The summed E-state index contributed by atoms with van der Waals surface area (Å²) in [6, 6.07) is 5.85. The van der Waals surface area contributed by atoms with Crippen molar-refractivity contribution >= 4 is 27.5 Å². The highest BCUT2D eigenvalue weighted by Gasteiger charge is 2.19. The van der Waals surface area contributed by atoms with Crippen LogP contribution in [-0.2, 0) is 0 Å². The van der Waals surface area contributed by atoms with E-state index in [1.165, 1.54) is 0 Å². The monoisotopic (exact) mass is 360 g/mol. The minimum absolute atomic E-state index is 0.0221. The lowest BCUT2D eigenvalue weighted by Crippen LogP contribution is -2.36. The van der Waals surface area contributed by atoms with Gasteiger partial charge in [-0.2, -0.15) is 0 Å². The van der Waals surface area contributed by atoms with E-state index in [0.717, 1.165) is 54.0 Å². The number of aliphatic hydroxyl groups excluding tert-OH is 1. The first kappa shape index (κ1) is 16.2. The molecule has 1 aromatic carbocycles. The zero-order valence-corrected chi connectivity index (χ0v) is 13.9. The van der Waals surface area contributed by atoms with Crippen LogP contribution >= 0.6 is 27.5 Å². The van der Waals surface area contributed by atoms with Crippen molar-refractivity contribution < 1.29 is 5.11 Å². The van der Waals surface area contributed by atoms with Crippen molar-refractivity contribution in [2.45, 2.75) is 25.3 Å². The van der Waals surface area contributed by atoms with E-state index in [1.54, 1.807) is 0 Å². The summed E-state index contributed by atoms with van der Waals surface area (Å²) < 4.78 is 0.976. The van der Waals surface area contributed by atoms with Crippen LogP contribution in [0.5, 0.6) is 0 Å². The molecule has 1 saturated heterocycles. The van der Waals surface area contributed by atoms with Gasteiger partial charge in [0.15, 0.2) is 0 Å². The molecule has 1 aliphatic heterocycles. The Morgan fingerprint density at radius 3 is 2.70 bits per heavy atom. The molecule has 0 radical (unpaired) electrons. The third kappa shape index (κ3) is 4.43. The second kappa shape index (κ2) is 7.76. The largest absolute Gasteiger partial charge is 0.396 e. The van der Waals surface area contributed by atoms with Crippen LogP contribution in [-0.4, -0.2) is 36.2 Å². The highest BCUT2D eigenvalue weighted by atomic mass is 79.9. The first-order chi connectivity index (χ1) is 9.60. The fourth-order valence-electron chi connectivity index (χ4n) is 2.67. The number of benzene rings is 1. The number of nitrogens with two attached hydrogens (primary N) is 1. The van der Waals surface area contributed by atoms with Crippen LogP contribution < -0.4 is 5.73 Å². The number of nitrogens with zero attached hydrogens (tertiary/aromatic N) is 1. The van der Waals surface area contributed by atoms with Crippen LogP contribution in [0.3, 0.4) is 0 Å². The number of halogens is 2. The normalized spacial score (nSPS) is 19.2. The third-order valence-electron chi connectivity index (χ3n) is 4.08. The Morgan fingerprint density at radius 2 is 2.10 bits per heavy atom. The van der Waals surface area contributed by atoms with E-state index in [1.807, 2.05) is 18.2 Å². The Hall–Kier alpha value is -0.130. The predicted molar refractivity (Wildman–Crippen MR) is 86.9 cm³/mol. The second-order valence-corrected chi connectivity index (χ2v) is 6.85. The molecule has 3 N–H and O–H groups in total. The lowest BCUT2D eigenvalue weighted by Gasteiger charge is -2.31. The number of hydrogen-bond donors (Lipinski definition) is 2. The lowest BCUT2D eigenvalue weighted by atomic mass is 9.97. The maximum absolute atomic E-state index is 9.14. The van der Waals surface area contributed by atoms with Gasteiger partial charge in [0, 0.05) is 22.1 Å². The van der Waals surface area contributed by atoms with Gasteiger partial charge in [0.1, 0.15) is 0 Å². The molecular weight excluding hydrogens is 340 g/mol. The molecule has 1 aromatic rings. The van der Waals surface area contributed by atoms with Gasteiger partial charge >= 0.3 is 0 Å². The summed E-state index contributed by atoms with van der Waals surface area (Å²) in [5.74, 6) is 0.487. The zero-order valence-electron chi connectivity index (χ0n) is 11.6. The summed E-state index contributed by atoms with van der Waals surface area (Å²) in [5, 5.41) is 9.87. The fourth-order valence-corrected chi connectivity index (χ4v) is 3.49. The Labute approximate surface area is 134 Å². The highest BCUT2D eigenvalue weighted by Crippen LogP contribution is 2.27. The van der Waals surface area contributed by atoms with Crippen molar-refractivity contribution in [3.05, 3.63) is 33.3 Å². The summed E-state index contributed by atoms with van der Waals surface area (Å²) in [6.45, 7) is 3.44. The number of aliphatic hydroxyl groups is 1. The quantitative estimate of drug-likeness (QED) is 0.847. The van der Waals surface area contributed by atoms with Gasteiger partial charge < -0.3 is 15.7 Å². The minimum atomic E-state index is -0.0221. The molecule has 112 valence electrons. The summed E-state index contributed by atoms with van der Waals surface area (Å²) in [5.41, 5.74) is 7.26. The first-order valence-electron chi connectivity index (χ1n) is 7.14. The molecule has 0 spiro atoms. The van der Waals surface area contributed by atoms with Crippen LogP contribution in [0.4, 0.5) is 0 Å². The molecule has 3 nitrogen and oxygen atoms in total. The van der Waals surface area contributed by atoms with Gasteiger partial charge in [0.05, 0.1) is 0 Å². The fraction of sp³-hybridized carbons (Fsp3) is 0.600. The van der Waals surface area contributed by atoms with Crippen molar-refractivity contribution in [2.24, 2.45) is 11.7 Å². The smallest absolute Gasteiger partial charge is 0.0464 e. The molecule has 0 aliphatic carbocycles. The van der Waals surface area contributed by atoms with Gasteiger partial charge in [-0.1, -0.05) is 33.6 Å². The molecule has 1 unspecified atom stereocenters. The molecule has 1 atom stereocenters. The van der Waals surface area contributed by atoms with Gasteiger partial charge in [-0.25, -0.2) is 0 Å². The minimum Gasteiger partial charge on any atom is -0.396 e. The molecule has 1 fully saturated rings. The number of rotatable bonds is 5. The number of likely N-dealkylation sites (tertiary alicyclic amines) is 1. The number of piperidine rings is 1. The average molecular weight is 362 g/mol. The second-order valence-electron chi connectivity index (χ2n) is 5.53. The van der Waals surface area contributed by atoms with Crippen molar-refractivity contribution in [1.29, 1.82) is 0 Å². The van der Waals surface area contributed by atoms with Crippen molar-refractivity contribution in [1.82, 2.24) is 4.90 Å².